The van der Waals surface area contributed by atoms with Gasteiger partial charge in [0.2, 0.25) is 0 Å². The van der Waals surface area contributed by atoms with Crippen LogP contribution < -0.4 is 0 Å². The SMILES string of the molecule is COC(=O)[C@H](O)C1CCN(C(=O)c2cc(C)n(C3CC3)c2C)CC1. The van der Waals surface area contributed by atoms with Crippen LogP contribution in [0.2, 0.25) is 0 Å². The standard InChI is InChI=1S/C18H26N2O4/c1-11-10-15(12(2)20(11)14-4-5-14)17(22)19-8-6-13(7-9-19)16(21)18(23)24-3/h10,13-14,16,21H,4-9H2,1-3H3/t16-/m1/s1. The van der Waals surface area contributed by atoms with Crippen molar-refractivity contribution in [3.63, 3.8) is 0 Å². The van der Waals surface area contributed by atoms with Crippen molar-refractivity contribution >= 4 is 11.9 Å². The van der Waals surface area contributed by atoms with Gasteiger partial charge in [0, 0.05) is 30.5 Å². The number of aliphatic hydroxyl groups is 1. The molecule has 1 aliphatic carbocycles. The van der Waals surface area contributed by atoms with E-state index in [0.717, 1.165) is 17.0 Å². The van der Waals surface area contributed by atoms with Gasteiger partial charge in [0.25, 0.3) is 5.91 Å². The number of methoxy groups -OCH3 is 1. The molecule has 1 saturated heterocycles. The van der Waals surface area contributed by atoms with Crippen LogP contribution in [0.25, 0.3) is 0 Å². The molecule has 0 radical (unpaired) electrons. The largest absolute Gasteiger partial charge is 0.467 e. The molecule has 1 aliphatic heterocycles. The summed E-state index contributed by atoms with van der Waals surface area (Å²) in [7, 11) is 1.28. The van der Waals surface area contributed by atoms with Crippen molar-refractivity contribution in [2.45, 2.75) is 51.7 Å². The molecule has 1 aromatic heterocycles. The maximum atomic E-state index is 12.9. The van der Waals surface area contributed by atoms with Crippen molar-refractivity contribution in [1.29, 1.82) is 0 Å². The molecule has 6 nitrogen and oxygen atoms in total. The zero-order valence-corrected chi connectivity index (χ0v) is 14.6. The molecular weight excluding hydrogens is 308 g/mol. The second kappa shape index (κ2) is 6.59. The Bertz CT molecular complexity index is 640. The third-order valence-electron chi connectivity index (χ3n) is 5.34. The molecule has 2 fully saturated rings. The number of piperidine rings is 1. The number of rotatable bonds is 4. The van der Waals surface area contributed by atoms with Crippen molar-refractivity contribution in [2.24, 2.45) is 5.92 Å². The van der Waals surface area contributed by atoms with Gasteiger partial charge in [-0.2, -0.15) is 0 Å². The van der Waals surface area contributed by atoms with Crippen LogP contribution >= 0.6 is 0 Å². The van der Waals surface area contributed by atoms with Crippen molar-refractivity contribution in [2.75, 3.05) is 20.2 Å². The normalized spacial score (nSPS) is 20.1. The molecular formula is C18H26N2O4. The maximum Gasteiger partial charge on any atom is 0.334 e. The summed E-state index contributed by atoms with van der Waals surface area (Å²) in [5.41, 5.74) is 2.98. The van der Waals surface area contributed by atoms with Gasteiger partial charge in [-0.15, -0.1) is 0 Å². The van der Waals surface area contributed by atoms with E-state index in [4.69, 9.17) is 0 Å². The summed E-state index contributed by atoms with van der Waals surface area (Å²) in [6, 6.07) is 2.55. The van der Waals surface area contributed by atoms with Gasteiger partial charge in [0.15, 0.2) is 6.10 Å². The number of aryl methyl sites for hydroxylation is 1. The lowest BCUT2D eigenvalue weighted by molar-refractivity contribution is -0.154. The number of aliphatic hydroxyl groups excluding tert-OH is 1. The van der Waals surface area contributed by atoms with Crippen LogP contribution in [0, 0.1) is 19.8 Å². The number of carbonyl (C=O) groups excluding carboxylic acids is 2. The number of likely N-dealkylation sites (tertiary alicyclic amines) is 1. The zero-order chi connectivity index (χ0) is 17.4. The van der Waals surface area contributed by atoms with E-state index >= 15 is 0 Å². The summed E-state index contributed by atoms with van der Waals surface area (Å²) in [6.07, 6.45) is 2.53. The Kier molecular flexibility index (Phi) is 4.67. The molecule has 6 heteroatoms. The monoisotopic (exact) mass is 334 g/mol. The van der Waals surface area contributed by atoms with Gasteiger partial charge in [-0.1, -0.05) is 0 Å². The van der Waals surface area contributed by atoms with Crippen molar-refractivity contribution < 1.29 is 19.4 Å². The zero-order valence-electron chi connectivity index (χ0n) is 14.6. The van der Waals surface area contributed by atoms with E-state index in [1.54, 1.807) is 0 Å². The predicted molar refractivity (Wildman–Crippen MR) is 88.8 cm³/mol. The van der Waals surface area contributed by atoms with E-state index < -0.39 is 12.1 Å². The first-order valence-electron chi connectivity index (χ1n) is 8.67. The number of hydrogen-bond acceptors (Lipinski definition) is 4. The number of esters is 1. The fourth-order valence-electron chi connectivity index (χ4n) is 3.79. The van der Waals surface area contributed by atoms with Crippen molar-refractivity contribution in [3.05, 3.63) is 23.0 Å². The lowest BCUT2D eigenvalue weighted by Gasteiger charge is -2.33. The van der Waals surface area contributed by atoms with Gasteiger partial charge in [0.1, 0.15) is 0 Å². The number of ether oxygens (including phenoxy) is 1. The fourth-order valence-corrected chi connectivity index (χ4v) is 3.79. The minimum absolute atomic E-state index is 0.0565. The average molecular weight is 334 g/mol. The number of nitrogens with zero attached hydrogens (tertiary/aromatic N) is 2. The van der Waals surface area contributed by atoms with Crippen LogP contribution in [0.3, 0.4) is 0 Å². The summed E-state index contributed by atoms with van der Waals surface area (Å²) in [5, 5.41) is 9.95. The molecule has 132 valence electrons. The summed E-state index contributed by atoms with van der Waals surface area (Å²) in [4.78, 5) is 26.1. The van der Waals surface area contributed by atoms with Gasteiger partial charge in [-0.05, 0) is 51.5 Å². The highest BCUT2D eigenvalue weighted by molar-refractivity contribution is 5.95. The maximum absolute atomic E-state index is 12.9. The Morgan fingerprint density at radius 2 is 1.83 bits per heavy atom. The molecule has 0 spiro atoms. The van der Waals surface area contributed by atoms with Crippen LogP contribution in [-0.4, -0.2) is 52.8 Å². The van der Waals surface area contributed by atoms with E-state index in [-0.39, 0.29) is 11.8 Å². The Balaban J connectivity index is 1.65. The molecule has 0 bridgehead atoms. The first kappa shape index (κ1) is 17.0. The van der Waals surface area contributed by atoms with E-state index in [9.17, 15) is 14.7 Å². The topological polar surface area (TPSA) is 71.8 Å². The Hall–Kier alpha value is -1.82. The third kappa shape index (κ3) is 3.07. The lowest BCUT2D eigenvalue weighted by atomic mass is 9.91. The second-order valence-electron chi connectivity index (χ2n) is 6.98. The molecule has 1 saturated carbocycles. The van der Waals surface area contributed by atoms with Crippen molar-refractivity contribution in [3.8, 4) is 0 Å². The number of amides is 1. The first-order chi connectivity index (χ1) is 11.4. The molecule has 1 aromatic rings. The highest BCUT2D eigenvalue weighted by atomic mass is 16.5. The van der Waals surface area contributed by atoms with Gasteiger partial charge >= 0.3 is 5.97 Å². The van der Waals surface area contributed by atoms with Gasteiger partial charge < -0.3 is 19.3 Å². The Labute approximate surface area is 142 Å². The van der Waals surface area contributed by atoms with E-state index in [0.29, 0.717) is 32.0 Å². The molecule has 2 heterocycles. The molecule has 0 aromatic carbocycles. The number of carbonyl (C=O) groups is 2. The van der Waals surface area contributed by atoms with Crippen LogP contribution in [0.1, 0.15) is 53.5 Å². The summed E-state index contributed by atoms with van der Waals surface area (Å²) >= 11 is 0. The Morgan fingerprint density at radius 1 is 1.21 bits per heavy atom. The number of aromatic nitrogens is 1. The highest BCUT2D eigenvalue weighted by Crippen LogP contribution is 2.38. The number of hydrogen-bond donors (Lipinski definition) is 1. The third-order valence-corrected chi connectivity index (χ3v) is 5.34. The van der Waals surface area contributed by atoms with Gasteiger partial charge in [0.05, 0.1) is 12.7 Å². The highest BCUT2D eigenvalue weighted by Gasteiger charge is 2.34. The smallest absolute Gasteiger partial charge is 0.334 e. The first-order valence-corrected chi connectivity index (χ1v) is 8.67. The van der Waals surface area contributed by atoms with E-state index in [1.165, 1.54) is 20.0 Å². The molecule has 1 N–H and O–H groups in total. The Morgan fingerprint density at radius 3 is 2.38 bits per heavy atom. The quantitative estimate of drug-likeness (QED) is 0.853. The second-order valence-corrected chi connectivity index (χ2v) is 6.98. The average Bonchev–Trinajstić information content (AvgIpc) is 3.38. The van der Waals surface area contributed by atoms with E-state index in [1.807, 2.05) is 17.9 Å². The van der Waals surface area contributed by atoms with Crippen LogP contribution in [0.5, 0.6) is 0 Å². The minimum atomic E-state index is -1.09. The lowest BCUT2D eigenvalue weighted by Crippen LogP contribution is -2.43. The molecule has 1 atom stereocenters. The van der Waals surface area contributed by atoms with E-state index in [2.05, 4.69) is 16.2 Å². The van der Waals surface area contributed by atoms with Crippen molar-refractivity contribution in [1.82, 2.24) is 9.47 Å². The molecule has 24 heavy (non-hydrogen) atoms. The minimum Gasteiger partial charge on any atom is -0.467 e. The predicted octanol–water partition coefficient (Wildman–Crippen LogP) is 1.83. The summed E-state index contributed by atoms with van der Waals surface area (Å²) < 4.78 is 6.88. The molecule has 0 unspecified atom stereocenters. The van der Waals surface area contributed by atoms with Crippen LogP contribution in [0.4, 0.5) is 0 Å². The summed E-state index contributed by atoms with van der Waals surface area (Å²) in [5.74, 6) is -0.672. The van der Waals surface area contributed by atoms with Gasteiger partial charge in [-0.3, -0.25) is 4.79 Å². The van der Waals surface area contributed by atoms with Crippen LogP contribution in [-0.2, 0) is 9.53 Å². The molecule has 2 aliphatic rings. The van der Waals surface area contributed by atoms with Gasteiger partial charge in [-0.25, -0.2) is 4.79 Å². The molecule has 3 rings (SSSR count). The fraction of sp³-hybridized carbons (Fsp3) is 0.667. The summed E-state index contributed by atoms with van der Waals surface area (Å²) in [6.45, 7) is 5.20. The van der Waals surface area contributed by atoms with Crippen LogP contribution in [0.15, 0.2) is 6.07 Å². The molecule has 1 amide bonds.